The Hall–Kier alpha value is 0.175. The van der Waals surface area contributed by atoms with Crippen LogP contribution in [0.4, 0.5) is 0 Å². The van der Waals surface area contributed by atoms with E-state index in [9.17, 15) is 0 Å². The summed E-state index contributed by atoms with van der Waals surface area (Å²) in [4.78, 5) is 0. The Bertz CT molecular complexity index is 42.8. The maximum absolute atomic E-state index is 7.92. The summed E-state index contributed by atoms with van der Waals surface area (Å²) in [7, 11) is 1.64. The normalized spacial score (nSPS) is 9.00. The van der Waals surface area contributed by atoms with Crippen molar-refractivity contribution in [3.8, 4) is 0 Å². The van der Waals surface area contributed by atoms with E-state index in [-0.39, 0.29) is 0 Å². The van der Waals surface area contributed by atoms with Crippen LogP contribution in [0.2, 0.25) is 6.32 Å². The fourth-order valence-corrected chi connectivity index (χ4v) is 0.324. The number of rotatable bonds is 2. The molecule has 0 spiro atoms. The Balaban J connectivity index is 2.73. The van der Waals surface area contributed by atoms with Gasteiger partial charge in [-0.2, -0.15) is 0 Å². The van der Waals surface area contributed by atoms with Crippen LogP contribution in [0.1, 0.15) is 6.92 Å². The molecule has 0 rings (SSSR count). The Kier molecular flexibility index (Phi) is 5.33. The van der Waals surface area contributed by atoms with Crippen molar-refractivity contribution in [1.29, 1.82) is 0 Å². The Morgan fingerprint density at radius 3 is 2.83 bits per heavy atom. The second kappa shape index (κ2) is 5.17. The third-order valence-electron chi connectivity index (χ3n) is 0.304. The van der Waals surface area contributed by atoms with Gasteiger partial charge in [0.2, 0.25) is 0 Å². The first-order valence-corrected chi connectivity index (χ1v) is 2.47. The molecule has 34 valence electrons. The first kappa shape index (κ1) is 6.17. The summed E-state index contributed by atoms with van der Waals surface area (Å²) in [6.07, 6.45) is 0.883. The molecule has 0 atom stereocenters. The summed E-state index contributed by atoms with van der Waals surface area (Å²) < 4.78 is 11.4. The van der Waals surface area contributed by atoms with E-state index in [1.165, 1.54) is 0 Å². The molecule has 0 heterocycles. The van der Waals surface area contributed by atoms with Crippen LogP contribution in [0.25, 0.3) is 0 Å². The van der Waals surface area contributed by atoms with E-state index in [4.69, 9.17) is 4.55 Å². The monoisotopic (exact) mass is 103 g/mol. The molecular weight excluding hydrogens is 96.9 g/mol. The van der Waals surface area contributed by atoms with Crippen molar-refractivity contribution in [3.63, 3.8) is 0 Å². The third kappa shape index (κ3) is 4.17. The van der Waals surface area contributed by atoms with Crippen LogP contribution in [0.15, 0.2) is 4.30 Å². The van der Waals surface area contributed by atoms with Crippen LogP contribution in [0.3, 0.4) is 0 Å². The summed E-state index contributed by atoms with van der Waals surface area (Å²) in [6, 6.07) is 0. The van der Waals surface area contributed by atoms with Gasteiger partial charge < -0.3 is 0 Å². The second-order valence-corrected chi connectivity index (χ2v) is 1.15. The van der Waals surface area contributed by atoms with E-state index in [1.807, 2.05) is 6.92 Å². The number of nitrogens with zero attached hydrogens (tertiary/aromatic N) is 1. The molecule has 6 heavy (non-hydrogen) atoms. The summed E-state index contributed by atoms with van der Waals surface area (Å²) >= 11 is 0.496. The predicted molar refractivity (Wildman–Crippen MR) is 28.9 cm³/mol. The molecule has 0 radical (unpaired) electrons. The van der Waals surface area contributed by atoms with E-state index in [2.05, 4.69) is 4.30 Å². The van der Waals surface area contributed by atoms with Gasteiger partial charge in [-0.25, -0.2) is 0 Å². The van der Waals surface area contributed by atoms with Gasteiger partial charge in [0, 0.05) is 0 Å². The van der Waals surface area contributed by atoms with Gasteiger partial charge >= 0.3 is 41.4 Å². The second-order valence-electron chi connectivity index (χ2n) is 0.778. The number of hydrogen-bond donors (Lipinski definition) is 1. The quantitative estimate of drug-likeness (QED) is 0.325. The zero-order chi connectivity index (χ0) is 4.83. The zero-order valence-electron chi connectivity index (χ0n) is 3.59. The molecule has 1 N–H and O–H groups in total. The molecule has 0 aliphatic rings. The van der Waals surface area contributed by atoms with E-state index in [0.717, 1.165) is 6.32 Å². The number of hydrogen-bond acceptors (Lipinski definition) is 3. The average Bonchev–Trinajstić information content (AvgIpc) is 1.61. The van der Waals surface area contributed by atoms with Crippen LogP contribution in [0.5, 0.6) is 0 Å². The van der Waals surface area contributed by atoms with Crippen molar-refractivity contribution in [2.45, 2.75) is 13.2 Å². The minimum atomic E-state index is 0.496. The Labute approximate surface area is 42.3 Å². The summed E-state index contributed by atoms with van der Waals surface area (Å²) in [5.41, 5.74) is 0. The molecule has 0 aliphatic heterocycles. The summed E-state index contributed by atoms with van der Waals surface area (Å²) in [5.74, 6) is 0. The maximum atomic E-state index is 7.92. The molecule has 0 fully saturated rings. The van der Waals surface area contributed by atoms with E-state index in [1.54, 1.807) is 7.07 Å². The molecule has 2 nitrogen and oxygen atoms in total. The molecule has 0 saturated heterocycles. The van der Waals surface area contributed by atoms with Gasteiger partial charge in [-0.05, 0) is 0 Å². The van der Waals surface area contributed by atoms with Crippen molar-refractivity contribution in [2.75, 3.05) is 0 Å². The fraction of sp³-hybridized carbons (Fsp3) is 1.00. The van der Waals surface area contributed by atoms with Crippen LogP contribution in [-0.2, 0) is 0 Å². The van der Waals surface area contributed by atoms with Crippen LogP contribution in [-0.4, -0.2) is 11.6 Å². The first-order valence-electron chi connectivity index (χ1n) is 1.74. The predicted octanol–water partition coefficient (Wildman–Crippen LogP) is 1.43. The molecule has 0 unspecified atom stereocenters. The Morgan fingerprint density at radius 1 is 2.00 bits per heavy atom. The SMILES string of the molecule is CCB=NSO. The van der Waals surface area contributed by atoms with E-state index in [0.29, 0.717) is 12.2 Å². The molecule has 4 heteroatoms. The van der Waals surface area contributed by atoms with Crippen LogP contribution >= 0.6 is 12.2 Å². The van der Waals surface area contributed by atoms with Gasteiger partial charge in [0.15, 0.2) is 0 Å². The van der Waals surface area contributed by atoms with Crippen molar-refractivity contribution in [1.82, 2.24) is 0 Å². The first-order chi connectivity index (χ1) is 2.91. The van der Waals surface area contributed by atoms with Gasteiger partial charge in [0.05, 0.1) is 0 Å². The Morgan fingerprint density at radius 2 is 2.67 bits per heavy atom. The average molecular weight is 103 g/mol. The molecule has 0 saturated carbocycles. The van der Waals surface area contributed by atoms with Crippen molar-refractivity contribution < 1.29 is 4.55 Å². The zero-order valence-corrected chi connectivity index (χ0v) is 4.40. The van der Waals surface area contributed by atoms with Crippen molar-refractivity contribution in [3.05, 3.63) is 0 Å². The van der Waals surface area contributed by atoms with Gasteiger partial charge in [0.25, 0.3) is 0 Å². The van der Waals surface area contributed by atoms with Crippen LogP contribution < -0.4 is 0 Å². The van der Waals surface area contributed by atoms with Crippen molar-refractivity contribution in [2.24, 2.45) is 4.30 Å². The van der Waals surface area contributed by atoms with E-state index >= 15 is 0 Å². The minimum absolute atomic E-state index is 0.496. The molecule has 0 aliphatic carbocycles. The van der Waals surface area contributed by atoms with Crippen LogP contribution in [0, 0.1) is 0 Å². The summed E-state index contributed by atoms with van der Waals surface area (Å²) in [6.45, 7) is 1.96. The summed E-state index contributed by atoms with van der Waals surface area (Å²) in [5, 5.41) is 0. The van der Waals surface area contributed by atoms with Gasteiger partial charge in [-0.15, -0.1) is 0 Å². The van der Waals surface area contributed by atoms with Crippen molar-refractivity contribution >= 4 is 19.3 Å². The van der Waals surface area contributed by atoms with Gasteiger partial charge in [-0.1, -0.05) is 0 Å². The molecule has 0 amide bonds. The standard InChI is InChI=1S/C2H6BNOS/c1-2-3-4-6-5/h5H,2H2,1H3. The van der Waals surface area contributed by atoms with Gasteiger partial charge in [-0.3, -0.25) is 0 Å². The molecular formula is C2H6BNOS. The molecule has 0 aromatic heterocycles. The topological polar surface area (TPSA) is 32.6 Å². The van der Waals surface area contributed by atoms with Gasteiger partial charge in [0.1, 0.15) is 0 Å². The molecule has 0 aromatic carbocycles. The van der Waals surface area contributed by atoms with E-state index < -0.39 is 0 Å². The fourth-order valence-electron chi connectivity index (χ4n) is 0.108. The third-order valence-corrected chi connectivity index (χ3v) is 0.548. The molecule has 0 bridgehead atoms. The molecule has 0 aromatic rings.